The number of hydrogen-bond acceptors (Lipinski definition) is 2. The van der Waals surface area contributed by atoms with E-state index in [-0.39, 0.29) is 6.10 Å². The van der Waals surface area contributed by atoms with Crippen molar-refractivity contribution >= 4 is 11.8 Å². The first-order chi connectivity index (χ1) is 6.29. The van der Waals surface area contributed by atoms with Crippen LogP contribution in [0.5, 0.6) is 0 Å². The molecule has 0 spiro atoms. The molecular weight excluding hydrogens is 180 g/mol. The normalized spacial score (nSPS) is 12.8. The maximum atomic E-state index is 9.04. The fourth-order valence-electron chi connectivity index (χ4n) is 1.02. The van der Waals surface area contributed by atoms with Crippen LogP contribution in [-0.4, -0.2) is 17.0 Å². The highest BCUT2D eigenvalue weighted by atomic mass is 32.2. The predicted molar refractivity (Wildman–Crippen MR) is 58.9 cm³/mol. The van der Waals surface area contributed by atoms with Gasteiger partial charge in [0.2, 0.25) is 0 Å². The van der Waals surface area contributed by atoms with Crippen molar-refractivity contribution in [1.82, 2.24) is 0 Å². The number of benzene rings is 1. The van der Waals surface area contributed by atoms with Gasteiger partial charge in [0.05, 0.1) is 6.10 Å². The second kappa shape index (κ2) is 6.06. The summed E-state index contributed by atoms with van der Waals surface area (Å²) in [6.07, 6.45) is 0.723. The molecule has 0 radical (unpaired) electrons. The van der Waals surface area contributed by atoms with Crippen molar-refractivity contribution in [2.24, 2.45) is 0 Å². The Kier molecular flexibility index (Phi) is 4.94. The first-order valence-corrected chi connectivity index (χ1v) is 5.74. The number of hydrogen-bond donors (Lipinski definition) is 1. The van der Waals surface area contributed by atoms with Crippen LogP contribution >= 0.6 is 11.8 Å². The van der Waals surface area contributed by atoms with Gasteiger partial charge in [-0.2, -0.15) is 11.8 Å². The third kappa shape index (κ3) is 4.96. The van der Waals surface area contributed by atoms with E-state index >= 15 is 0 Å². The molecule has 1 N–H and O–H groups in total. The standard InChI is InChI=1S/C11H16OS/c1-10(12)7-8-13-9-11-5-3-2-4-6-11/h2-6,10,12H,7-9H2,1H3/t10-/m1/s1. The van der Waals surface area contributed by atoms with Gasteiger partial charge in [0.25, 0.3) is 0 Å². The first kappa shape index (κ1) is 10.6. The van der Waals surface area contributed by atoms with Crippen LogP contribution in [-0.2, 0) is 5.75 Å². The van der Waals surface area contributed by atoms with Crippen LogP contribution in [0.25, 0.3) is 0 Å². The van der Waals surface area contributed by atoms with Crippen molar-refractivity contribution in [1.29, 1.82) is 0 Å². The molecule has 0 heterocycles. The van der Waals surface area contributed by atoms with Gasteiger partial charge in [-0.25, -0.2) is 0 Å². The van der Waals surface area contributed by atoms with E-state index in [1.807, 2.05) is 24.8 Å². The van der Waals surface area contributed by atoms with E-state index in [2.05, 4.69) is 24.3 Å². The average molecular weight is 196 g/mol. The van der Waals surface area contributed by atoms with Crippen LogP contribution in [0.3, 0.4) is 0 Å². The fourth-order valence-corrected chi connectivity index (χ4v) is 2.10. The van der Waals surface area contributed by atoms with Gasteiger partial charge in [-0.05, 0) is 24.7 Å². The largest absolute Gasteiger partial charge is 0.393 e. The van der Waals surface area contributed by atoms with Crippen molar-refractivity contribution in [2.75, 3.05) is 5.75 Å². The van der Waals surface area contributed by atoms with Gasteiger partial charge in [0.15, 0.2) is 0 Å². The second-order valence-electron chi connectivity index (χ2n) is 3.18. The summed E-state index contributed by atoms with van der Waals surface area (Å²) in [6, 6.07) is 10.4. The van der Waals surface area contributed by atoms with Crippen molar-refractivity contribution in [3.63, 3.8) is 0 Å². The maximum absolute atomic E-state index is 9.04. The van der Waals surface area contributed by atoms with E-state index in [0.29, 0.717) is 0 Å². The zero-order chi connectivity index (χ0) is 9.52. The Labute approximate surface area is 84.2 Å². The van der Waals surface area contributed by atoms with E-state index in [9.17, 15) is 0 Å². The van der Waals surface area contributed by atoms with E-state index in [4.69, 9.17) is 5.11 Å². The van der Waals surface area contributed by atoms with Gasteiger partial charge in [0, 0.05) is 5.75 Å². The molecule has 0 aromatic heterocycles. The predicted octanol–water partition coefficient (Wildman–Crippen LogP) is 2.69. The summed E-state index contributed by atoms with van der Waals surface area (Å²) in [7, 11) is 0. The SMILES string of the molecule is C[C@@H](O)CCSCc1ccccc1. The lowest BCUT2D eigenvalue weighted by molar-refractivity contribution is 0.192. The molecule has 0 bridgehead atoms. The Hall–Kier alpha value is -0.470. The Morgan fingerprint density at radius 1 is 1.31 bits per heavy atom. The molecule has 1 nitrogen and oxygen atoms in total. The summed E-state index contributed by atoms with van der Waals surface area (Å²) in [5.74, 6) is 2.08. The number of thioether (sulfide) groups is 1. The van der Waals surface area contributed by atoms with E-state index < -0.39 is 0 Å². The number of rotatable bonds is 5. The van der Waals surface area contributed by atoms with Gasteiger partial charge >= 0.3 is 0 Å². The van der Waals surface area contributed by atoms with Gasteiger partial charge in [-0.3, -0.25) is 0 Å². The van der Waals surface area contributed by atoms with Gasteiger partial charge in [0.1, 0.15) is 0 Å². The minimum atomic E-state index is -0.164. The summed E-state index contributed by atoms with van der Waals surface area (Å²) < 4.78 is 0. The van der Waals surface area contributed by atoms with E-state index in [0.717, 1.165) is 17.9 Å². The van der Waals surface area contributed by atoms with Crippen LogP contribution in [0, 0.1) is 0 Å². The third-order valence-corrected chi connectivity index (χ3v) is 2.85. The summed E-state index contributed by atoms with van der Waals surface area (Å²) in [5.41, 5.74) is 1.36. The minimum Gasteiger partial charge on any atom is -0.393 e. The topological polar surface area (TPSA) is 20.2 Å². The Morgan fingerprint density at radius 2 is 2.00 bits per heavy atom. The van der Waals surface area contributed by atoms with Crippen molar-refractivity contribution in [3.05, 3.63) is 35.9 Å². The molecule has 1 atom stereocenters. The van der Waals surface area contributed by atoms with E-state index in [1.54, 1.807) is 0 Å². The Bertz CT molecular complexity index is 221. The van der Waals surface area contributed by atoms with E-state index in [1.165, 1.54) is 5.56 Å². The van der Waals surface area contributed by atoms with Crippen molar-refractivity contribution < 1.29 is 5.11 Å². The molecule has 0 fully saturated rings. The quantitative estimate of drug-likeness (QED) is 0.731. The highest BCUT2D eigenvalue weighted by molar-refractivity contribution is 7.98. The monoisotopic (exact) mass is 196 g/mol. The second-order valence-corrected chi connectivity index (χ2v) is 4.28. The lowest BCUT2D eigenvalue weighted by Crippen LogP contribution is -2.00. The van der Waals surface area contributed by atoms with Crippen LogP contribution in [0.2, 0.25) is 0 Å². The van der Waals surface area contributed by atoms with Crippen LogP contribution in [0.4, 0.5) is 0 Å². The molecule has 1 rings (SSSR count). The summed E-state index contributed by atoms with van der Waals surface area (Å²) in [6.45, 7) is 1.84. The van der Waals surface area contributed by atoms with Crippen LogP contribution < -0.4 is 0 Å². The molecule has 0 saturated heterocycles. The average Bonchev–Trinajstić information content (AvgIpc) is 2.14. The molecule has 72 valence electrons. The molecule has 1 aromatic rings. The molecule has 2 heteroatoms. The summed E-state index contributed by atoms with van der Waals surface area (Å²) in [5, 5.41) is 9.04. The van der Waals surface area contributed by atoms with Gasteiger partial charge in [-0.1, -0.05) is 30.3 Å². The molecule has 0 aliphatic heterocycles. The molecule has 13 heavy (non-hydrogen) atoms. The molecule has 0 aliphatic rings. The number of aliphatic hydroxyl groups is 1. The summed E-state index contributed by atoms with van der Waals surface area (Å²) in [4.78, 5) is 0. The first-order valence-electron chi connectivity index (χ1n) is 4.59. The highest BCUT2D eigenvalue weighted by Gasteiger charge is 1.96. The lowest BCUT2D eigenvalue weighted by Gasteiger charge is -2.03. The van der Waals surface area contributed by atoms with Gasteiger partial charge in [-0.15, -0.1) is 0 Å². The third-order valence-electron chi connectivity index (χ3n) is 1.79. The maximum Gasteiger partial charge on any atom is 0.0520 e. The highest BCUT2D eigenvalue weighted by Crippen LogP contribution is 2.13. The van der Waals surface area contributed by atoms with Crippen LogP contribution in [0.15, 0.2) is 30.3 Å². The summed E-state index contributed by atoms with van der Waals surface area (Å²) >= 11 is 1.87. The molecule has 0 saturated carbocycles. The molecule has 0 amide bonds. The number of aliphatic hydroxyl groups excluding tert-OH is 1. The minimum absolute atomic E-state index is 0.164. The molecule has 0 unspecified atom stereocenters. The molecular formula is C11H16OS. The van der Waals surface area contributed by atoms with Crippen LogP contribution in [0.1, 0.15) is 18.9 Å². The fraction of sp³-hybridized carbons (Fsp3) is 0.455. The van der Waals surface area contributed by atoms with Crippen molar-refractivity contribution in [2.45, 2.75) is 25.2 Å². The Balaban J connectivity index is 2.13. The van der Waals surface area contributed by atoms with Crippen molar-refractivity contribution in [3.8, 4) is 0 Å². The Morgan fingerprint density at radius 3 is 2.62 bits per heavy atom. The lowest BCUT2D eigenvalue weighted by atomic mass is 10.2. The van der Waals surface area contributed by atoms with Gasteiger partial charge < -0.3 is 5.11 Å². The zero-order valence-electron chi connectivity index (χ0n) is 7.94. The molecule has 0 aliphatic carbocycles. The smallest absolute Gasteiger partial charge is 0.0520 e. The molecule has 1 aromatic carbocycles. The zero-order valence-corrected chi connectivity index (χ0v) is 8.76.